The molecule has 2 aliphatic rings. The molecule has 3 atom stereocenters. The number of likely N-dealkylation sites (N-methyl/N-ethyl adjacent to an activating group) is 1. The molecule has 1 spiro atoms. The van der Waals surface area contributed by atoms with Crippen molar-refractivity contribution < 1.29 is 18.8 Å². The lowest BCUT2D eigenvalue weighted by molar-refractivity contribution is -0.140. The number of rotatable bonds is 5. The second-order valence-electron chi connectivity index (χ2n) is 10.6. The molecule has 1 heterocycles. The second-order valence-corrected chi connectivity index (χ2v) is 10.6. The van der Waals surface area contributed by atoms with Crippen molar-refractivity contribution in [3.05, 3.63) is 71.5 Å². The molecule has 0 radical (unpaired) electrons. The van der Waals surface area contributed by atoms with E-state index in [2.05, 4.69) is 26.1 Å². The monoisotopic (exact) mass is 465 g/mol. The molecule has 2 aromatic rings. The Morgan fingerprint density at radius 2 is 1.71 bits per heavy atom. The van der Waals surface area contributed by atoms with Gasteiger partial charge in [0, 0.05) is 7.05 Å². The van der Waals surface area contributed by atoms with Crippen molar-refractivity contribution in [3.63, 3.8) is 0 Å². The molecular weight excluding hydrogens is 433 g/mol. The summed E-state index contributed by atoms with van der Waals surface area (Å²) < 4.78 is 13.6. The highest BCUT2D eigenvalue weighted by Gasteiger charge is 2.56. The maximum Gasteiger partial charge on any atom is 0.325 e. The van der Waals surface area contributed by atoms with Gasteiger partial charge in [-0.3, -0.25) is 14.5 Å². The minimum absolute atomic E-state index is 0.0849. The van der Waals surface area contributed by atoms with Crippen molar-refractivity contribution in [1.29, 1.82) is 0 Å². The predicted molar refractivity (Wildman–Crippen MR) is 127 cm³/mol. The summed E-state index contributed by atoms with van der Waals surface area (Å²) in [5.41, 5.74) is 0.548. The highest BCUT2D eigenvalue weighted by Crippen LogP contribution is 2.46. The third-order valence-electron chi connectivity index (χ3n) is 7.00. The van der Waals surface area contributed by atoms with Crippen LogP contribution in [0.5, 0.6) is 0 Å². The number of urea groups is 1. The number of carbonyl (C=O) groups is 3. The van der Waals surface area contributed by atoms with Gasteiger partial charge in [0.05, 0.1) is 6.04 Å². The molecule has 1 saturated heterocycles. The van der Waals surface area contributed by atoms with E-state index in [0.29, 0.717) is 12.8 Å². The number of nitrogens with zero attached hydrogens (tertiary/aromatic N) is 2. The fourth-order valence-corrected chi connectivity index (χ4v) is 5.96. The third kappa shape index (κ3) is 4.56. The average Bonchev–Trinajstić information content (AvgIpc) is 2.97. The zero-order valence-electron chi connectivity index (χ0n) is 20.2. The quantitative estimate of drug-likeness (QED) is 0.661. The van der Waals surface area contributed by atoms with Gasteiger partial charge in [0.25, 0.3) is 5.91 Å². The van der Waals surface area contributed by atoms with Crippen LogP contribution >= 0.6 is 0 Å². The highest BCUT2D eigenvalue weighted by molar-refractivity contribution is 6.09. The Labute approximate surface area is 200 Å². The molecule has 1 aliphatic heterocycles. The number of carbonyl (C=O) groups excluding carboxylic acids is 3. The molecule has 6 nitrogen and oxygen atoms in total. The van der Waals surface area contributed by atoms with Crippen LogP contribution in [0.25, 0.3) is 0 Å². The van der Waals surface area contributed by atoms with Gasteiger partial charge in [0.15, 0.2) is 0 Å². The molecule has 4 amide bonds. The molecule has 2 fully saturated rings. The van der Waals surface area contributed by atoms with Gasteiger partial charge in [0.1, 0.15) is 17.9 Å². The van der Waals surface area contributed by atoms with Crippen LogP contribution in [0.4, 0.5) is 9.18 Å². The molecule has 1 aliphatic carbocycles. The van der Waals surface area contributed by atoms with Crippen LogP contribution in [0.3, 0.4) is 0 Å². The smallest absolute Gasteiger partial charge is 0.325 e. The summed E-state index contributed by atoms with van der Waals surface area (Å²) >= 11 is 0. The van der Waals surface area contributed by atoms with Gasteiger partial charge in [-0.15, -0.1) is 0 Å². The first-order chi connectivity index (χ1) is 16.0. The number of benzene rings is 2. The van der Waals surface area contributed by atoms with E-state index in [-0.39, 0.29) is 35.5 Å². The normalized spacial score (nSPS) is 24.7. The molecule has 1 saturated carbocycles. The van der Waals surface area contributed by atoms with Crippen molar-refractivity contribution in [2.24, 2.45) is 11.3 Å². The van der Waals surface area contributed by atoms with Crippen LogP contribution in [0.15, 0.2) is 54.6 Å². The fourth-order valence-electron chi connectivity index (χ4n) is 5.96. The number of halogens is 1. The average molecular weight is 466 g/mol. The molecule has 1 N–H and O–H groups in total. The summed E-state index contributed by atoms with van der Waals surface area (Å²) in [5, 5.41) is 2.92. The van der Waals surface area contributed by atoms with E-state index in [1.54, 1.807) is 19.2 Å². The van der Waals surface area contributed by atoms with Crippen LogP contribution in [0.2, 0.25) is 0 Å². The van der Waals surface area contributed by atoms with Gasteiger partial charge in [-0.05, 0) is 53.9 Å². The SMILES string of the molecule is CC1CC(C)(C)CC2(C1)NC(=O)N(CC(=O)N(C)C(c1ccccc1)c1ccc(F)cc1)C2=O. The Bertz CT molecular complexity index is 1090. The maximum absolute atomic E-state index is 13.6. The first-order valence-electron chi connectivity index (χ1n) is 11.7. The van der Waals surface area contributed by atoms with E-state index in [0.717, 1.165) is 22.4 Å². The van der Waals surface area contributed by atoms with Crippen molar-refractivity contribution in [1.82, 2.24) is 15.1 Å². The number of imide groups is 1. The number of hydrogen-bond donors (Lipinski definition) is 1. The van der Waals surface area contributed by atoms with E-state index in [4.69, 9.17) is 0 Å². The lowest BCUT2D eigenvalue weighted by atomic mass is 9.64. The van der Waals surface area contributed by atoms with Crippen molar-refractivity contribution in [3.8, 4) is 0 Å². The Morgan fingerprint density at radius 3 is 2.32 bits per heavy atom. The maximum atomic E-state index is 13.6. The predicted octanol–water partition coefficient (Wildman–Crippen LogP) is 4.51. The van der Waals surface area contributed by atoms with Crippen molar-refractivity contribution in [2.75, 3.05) is 13.6 Å². The molecule has 0 aromatic heterocycles. The summed E-state index contributed by atoms with van der Waals surface area (Å²) in [4.78, 5) is 42.3. The Hall–Kier alpha value is -3.22. The minimum Gasteiger partial charge on any atom is -0.333 e. The number of hydrogen-bond acceptors (Lipinski definition) is 3. The van der Waals surface area contributed by atoms with Gasteiger partial charge < -0.3 is 10.2 Å². The topological polar surface area (TPSA) is 69.7 Å². The summed E-state index contributed by atoms with van der Waals surface area (Å²) in [6.07, 6.45) is 2.11. The molecule has 0 bridgehead atoms. The van der Waals surface area contributed by atoms with E-state index < -0.39 is 17.6 Å². The summed E-state index contributed by atoms with van der Waals surface area (Å²) in [7, 11) is 1.64. The van der Waals surface area contributed by atoms with Gasteiger partial charge in [-0.2, -0.15) is 0 Å². The van der Waals surface area contributed by atoms with E-state index in [1.807, 2.05) is 30.3 Å². The van der Waals surface area contributed by atoms with Gasteiger partial charge >= 0.3 is 6.03 Å². The summed E-state index contributed by atoms with van der Waals surface area (Å²) in [6, 6.07) is 14.4. The summed E-state index contributed by atoms with van der Waals surface area (Å²) in [6.45, 7) is 5.97. The third-order valence-corrected chi connectivity index (χ3v) is 7.00. The van der Waals surface area contributed by atoms with Crippen molar-refractivity contribution >= 4 is 17.8 Å². The van der Waals surface area contributed by atoms with Crippen LogP contribution < -0.4 is 5.32 Å². The lowest BCUT2D eigenvalue weighted by Crippen LogP contribution is -2.54. The molecule has 3 unspecified atom stereocenters. The highest BCUT2D eigenvalue weighted by atomic mass is 19.1. The summed E-state index contributed by atoms with van der Waals surface area (Å²) in [5.74, 6) is -0.773. The minimum atomic E-state index is -0.951. The standard InChI is InChI=1S/C27H32FN3O3/c1-18-14-26(2,3)17-27(15-18)24(33)31(25(34)29-27)16-22(32)30(4)23(19-8-6-5-7-9-19)20-10-12-21(28)13-11-20/h5-13,18,23H,14-17H2,1-4H3,(H,29,34). The van der Waals surface area contributed by atoms with Gasteiger partial charge in [-0.25, -0.2) is 9.18 Å². The van der Waals surface area contributed by atoms with E-state index >= 15 is 0 Å². The Kier molecular flexibility index (Phi) is 6.23. The molecule has 34 heavy (non-hydrogen) atoms. The van der Waals surface area contributed by atoms with Gasteiger partial charge in [0.2, 0.25) is 5.91 Å². The number of nitrogens with one attached hydrogen (secondary N) is 1. The van der Waals surface area contributed by atoms with Crippen LogP contribution in [-0.2, 0) is 9.59 Å². The Morgan fingerprint density at radius 1 is 1.09 bits per heavy atom. The zero-order chi connectivity index (χ0) is 24.7. The van der Waals surface area contributed by atoms with E-state index in [9.17, 15) is 18.8 Å². The van der Waals surface area contributed by atoms with Crippen LogP contribution in [-0.4, -0.2) is 46.8 Å². The van der Waals surface area contributed by atoms with E-state index in [1.165, 1.54) is 17.0 Å². The molecule has 4 rings (SSSR count). The molecular formula is C27H32FN3O3. The molecule has 180 valence electrons. The number of amides is 4. The molecule has 2 aromatic carbocycles. The van der Waals surface area contributed by atoms with Gasteiger partial charge in [-0.1, -0.05) is 63.2 Å². The molecule has 7 heteroatoms. The first-order valence-corrected chi connectivity index (χ1v) is 11.7. The largest absolute Gasteiger partial charge is 0.333 e. The zero-order valence-corrected chi connectivity index (χ0v) is 20.2. The first kappa shape index (κ1) is 23.9. The van der Waals surface area contributed by atoms with Crippen molar-refractivity contribution in [2.45, 2.75) is 51.6 Å². The van der Waals surface area contributed by atoms with Crippen LogP contribution in [0, 0.1) is 17.2 Å². The second kappa shape index (κ2) is 8.85. The fraction of sp³-hybridized carbons (Fsp3) is 0.444. The Balaban J connectivity index is 1.57. The lowest BCUT2D eigenvalue weighted by Gasteiger charge is -2.43. The van der Waals surface area contributed by atoms with Crippen LogP contribution in [0.1, 0.15) is 57.2 Å².